The second kappa shape index (κ2) is 46.4. The Balaban J connectivity index is 0.000000141. The number of nitrogens with two attached hydrogens (primary N) is 4. The van der Waals surface area contributed by atoms with Gasteiger partial charge in [-0.2, -0.15) is 0 Å². The summed E-state index contributed by atoms with van der Waals surface area (Å²) in [5.74, 6) is 3.37. The number of aromatic nitrogens is 4. The maximum atomic E-state index is 12.8. The molecule has 4 aliphatic heterocycles. The molecule has 16 rings (SSSR count). The molecule has 4 saturated heterocycles. The van der Waals surface area contributed by atoms with Gasteiger partial charge >= 0.3 is 0 Å². The molecule has 8 aromatic heterocycles. The highest BCUT2D eigenvalue weighted by Crippen LogP contribution is 2.35. The molecule has 123 heavy (non-hydrogen) atoms. The summed E-state index contributed by atoms with van der Waals surface area (Å²) in [5.41, 5.74) is 28.1. The van der Waals surface area contributed by atoms with Crippen LogP contribution in [0, 0.1) is 5.92 Å². The second-order valence-corrected chi connectivity index (χ2v) is 38.0. The molecule has 0 radical (unpaired) electrons. The number of morpholine rings is 1. The smallest absolute Gasteiger partial charge is 0.173 e. The molecule has 4 aromatic carbocycles. The number of benzene rings is 4. The molecule has 0 aliphatic carbocycles. The lowest BCUT2D eigenvalue weighted by atomic mass is 9.97. The van der Waals surface area contributed by atoms with E-state index in [1.807, 2.05) is 91.0 Å². The number of pyridine rings is 4. The number of rotatable bonds is 33. The van der Waals surface area contributed by atoms with Gasteiger partial charge in [0.25, 0.3) is 0 Å². The predicted octanol–water partition coefficient (Wildman–Crippen LogP) is 16.8. The summed E-state index contributed by atoms with van der Waals surface area (Å²) in [7, 11) is 4.35. The number of ketones is 4. The van der Waals surface area contributed by atoms with Crippen LogP contribution in [0.5, 0.6) is 0 Å². The summed E-state index contributed by atoms with van der Waals surface area (Å²) >= 11 is 31.6. The number of anilines is 4. The number of halogens is 4. The van der Waals surface area contributed by atoms with Crippen LogP contribution in [0.3, 0.4) is 0 Å². The number of piperidine rings is 1. The molecule has 12 N–H and O–H groups in total. The van der Waals surface area contributed by atoms with Gasteiger partial charge in [-0.05, 0) is 183 Å². The maximum absolute atomic E-state index is 12.8. The van der Waals surface area contributed by atoms with E-state index in [1.54, 1.807) is 30.9 Å². The minimum Gasteiger partial charge on any atom is -0.383 e. The number of Topliss-reactive ketones (excluding diaryl/α,β-unsaturated/α-hetero) is 4. The first-order valence-corrected chi connectivity index (χ1v) is 47.1. The van der Waals surface area contributed by atoms with Crippen molar-refractivity contribution >= 4 is 181 Å². The summed E-state index contributed by atoms with van der Waals surface area (Å²) in [6.45, 7) is 19.7. The van der Waals surface area contributed by atoms with Crippen LogP contribution in [0.15, 0.2) is 146 Å². The average Bonchev–Trinajstić information content (AvgIpc) is 1.82. The summed E-state index contributed by atoms with van der Waals surface area (Å²) < 4.78 is 10.8. The van der Waals surface area contributed by atoms with Crippen LogP contribution in [0.2, 0.25) is 20.1 Å². The van der Waals surface area contributed by atoms with Crippen molar-refractivity contribution in [1.29, 1.82) is 0 Å². The number of piperazine rings is 1. The highest BCUT2D eigenvalue weighted by Gasteiger charge is 2.23. The van der Waals surface area contributed by atoms with Gasteiger partial charge < -0.3 is 63.5 Å². The lowest BCUT2D eigenvalue weighted by Gasteiger charge is -2.32. The largest absolute Gasteiger partial charge is 0.383 e. The van der Waals surface area contributed by atoms with Crippen LogP contribution in [0.25, 0.3) is 43.1 Å². The second-order valence-electron chi connectivity index (χ2n) is 31.8. The van der Waals surface area contributed by atoms with Gasteiger partial charge in [0.1, 0.15) is 23.3 Å². The molecule has 4 fully saturated rings. The van der Waals surface area contributed by atoms with E-state index in [2.05, 4.69) is 99.2 Å². The number of nitrogens with one attached hydrogen (secondary N) is 4. The Bertz CT molecular complexity index is 5540. The van der Waals surface area contributed by atoms with E-state index in [9.17, 15) is 19.2 Å². The Labute approximate surface area is 756 Å². The zero-order chi connectivity index (χ0) is 86.1. The zero-order valence-electron chi connectivity index (χ0n) is 69.8. The van der Waals surface area contributed by atoms with Gasteiger partial charge in [0.15, 0.2) is 23.1 Å². The highest BCUT2D eigenvalue weighted by molar-refractivity contribution is 7.15. The fourth-order valence-corrected chi connectivity index (χ4v) is 20.7. The number of fused-ring (bicyclic) bond motifs is 4. The van der Waals surface area contributed by atoms with Gasteiger partial charge in [0.2, 0.25) is 0 Å². The summed E-state index contributed by atoms with van der Waals surface area (Å²) in [6.07, 6.45) is 15.9. The van der Waals surface area contributed by atoms with Gasteiger partial charge in [-0.3, -0.25) is 29.0 Å². The van der Waals surface area contributed by atoms with Gasteiger partial charge in [0.05, 0.1) is 52.8 Å². The molecular weight excluding hydrogens is 1710 g/mol. The highest BCUT2D eigenvalue weighted by atomic mass is 35.5. The number of carbonyl (C=O) groups excluding carboxylic acids is 4. The Morgan fingerprint density at radius 2 is 0.707 bits per heavy atom. The summed E-state index contributed by atoms with van der Waals surface area (Å²) in [6, 6.07) is 39.8. The van der Waals surface area contributed by atoms with E-state index in [1.165, 1.54) is 71.3 Å². The Kier molecular flexibility index (Phi) is 35.0. The fourth-order valence-electron chi connectivity index (χ4n) is 15.4. The number of carbonyl (C=O) groups is 4. The third kappa shape index (κ3) is 27.2. The third-order valence-electron chi connectivity index (χ3n) is 22.9. The van der Waals surface area contributed by atoms with Crippen LogP contribution >= 0.6 is 91.8 Å². The van der Waals surface area contributed by atoms with E-state index in [0.29, 0.717) is 120 Å². The Morgan fingerprint density at radius 1 is 0.390 bits per heavy atom. The van der Waals surface area contributed by atoms with E-state index in [-0.39, 0.29) is 23.1 Å². The first-order chi connectivity index (χ1) is 59.7. The maximum Gasteiger partial charge on any atom is 0.173 e. The first-order valence-electron chi connectivity index (χ1n) is 42.3. The summed E-state index contributed by atoms with van der Waals surface area (Å²) in [4.78, 5) is 84.0. The van der Waals surface area contributed by atoms with E-state index in [4.69, 9.17) is 78.8 Å². The number of nitrogens with zero attached hydrogens (tertiary/aromatic N) is 8. The molecule has 30 heteroatoms. The lowest BCUT2D eigenvalue weighted by Crippen LogP contribution is -2.46. The van der Waals surface area contributed by atoms with Crippen LogP contribution in [-0.2, 0) is 61.3 Å². The molecule has 0 bridgehead atoms. The van der Waals surface area contributed by atoms with Crippen molar-refractivity contribution < 1.29 is 28.7 Å². The number of nitrogen functional groups attached to an aromatic ring is 4. The molecule has 22 nitrogen and oxygen atoms in total. The van der Waals surface area contributed by atoms with Crippen molar-refractivity contribution in [1.82, 2.24) is 60.8 Å². The van der Waals surface area contributed by atoms with Crippen molar-refractivity contribution in [3.63, 3.8) is 0 Å². The van der Waals surface area contributed by atoms with Gasteiger partial charge in [-0.25, -0.2) is 19.9 Å². The third-order valence-corrected chi connectivity index (χ3v) is 29.4. The van der Waals surface area contributed by atoms with Crippen molar-refractivity contribution in [3.05, 3.63) is 227 Å². The lowest BCUT2D eigenvalue weighted by molar-refractivity contribution is 0.0384. The summed E-state index contributed by atoms with van der Waals surface area (Å²) in [5, 5.41) is 24.6. The van der Waals surface area contributed by atoms with Crippen molar-refractivity contribution in [3.8, 4) is 0 Å². The molecule has 12 heterocycles. The minimum atomic E-state index is 0.126. The molecule has 650 valence electrons. The van der Waals surface area contributed by atoms with Gasteiger partial charge in [0, 0.05) is 202 Å². The monoisotopic (exact) mass is 1810 g/mol. The SMILES string of the molecule is CN1CCC(CNCc2sc(C(=O)CCc3ccc4c(N)nccc4c3)cc2Cl)CC1.CN1CCN(CCNCc2sc(C(=O)CCc3ccc4c(N)nccc4c3)cc2Cl)CC1.Nc1nccc2cc(CCC(=O)c3cc(Cl)c(CNC4CCOCC4)s3)ccc12.Nc1nccc2cc(CCC(=O)c3cc(Cl)c(CNCCN4CCOCC4)s3)ccc12. The number of thiophene rings is 4. The number of likely N-dealkylation sites (tertiary alicyclic amines) is 1. The molecule has 0 unspecified atom stereocenters. The van der Waals surface area contributed by atoms with Crippen LogP contribution < -0.4 is 44.2 Å². The van der Waals surface area contributed by atoms with Crippen LogP contribution in [0.1, 0.15) is 132 Å². The number of hydrogen-bond donors (Lipinski definition) is 8. The zero-order valence-corrected chi connectivity index (χ0v) is 76.1. The fraction of sp³-hybridized carbons (Fsp3) is 0.398. The van der Waals surface area contributed by atoms with Gasteiger partial charge in [-0.15, -0.1) is 45.3 Å². The Hall–Kier alpha value is -8.04. The quantitative estimate of drug-likeness (QED) is 0.0140. The molecule has 12 aromatic rings. The normalized spacial score (nSPS) is 15.2. The van der Waals surface area contributed by atoms with E-state index >= 15 is 0 Å². The van der Waals surface area contributed by atoms with Crippen molar-refractivity contribution in [2.24, 2.45) is 5.92 Å². The van der Waals surface area contributed by atoms with Crippen molar-refractivity contribution in [2.75, 3.05) is 149 Å². The number of likely N-dealkylation sites (N-methyl/N-ethyl adjacent to an activating group) is 1. The molecule has 0 spiro atoms. The van der Waals surface area contributed by atoms with Crippen LogP contribution in [0.4, 0.5) is 23.3 Å². The molecule has 0 amide bonds. The first kappa shape index (κ1) is 92.6. The predicted molar refractivity (Wildman–Crippen MR) is 510 cm³/mol. The van der Waals surface area contributed by atoms with E-state index < -0.39 is 0 Å². The number of hydrogen-bond acceptors (Lipinski definition) is 26. The van der Waals surface area contributed by atoms with Crippen molar-refractivity contribution in [2.45, 2.75) is 109 Å². The van der Waals surface area contributed by atoms with E-state index in [0.717, 1.165) is 228 Å². The van der Waals surface area contributed by atoms with Crippen LogP contribution in [-0.4, -0.2) is 194 Å². The molecule has 0 atom stereocenters. The number of ether oxygens (including phenoxy) is 2. The molecule has 0 saturated carbocycles. The standard InChI is InChI=1S/C24H30ClN5OS.C24H29ClN4OS.C23H27ClN4O2S.C22H24ClN3O2S/c1-29-10-12-30(13-11-29)9-8-27-16-23-20(25)15-22(32-23)21(31)5-3-17-2-4-19-18(14-17)6-7-28-24(19)26;1-29-10-7-17(8-11-29)14-27-15-23-20(25)13-22(31-23)21(30)5-3-16-2-4-19-18(12-16)6-9-28-24(19)26;24-19-14-21(31-22(19)15-26-7-8-28-9-11-30-12-10-28)20(29)4-2-16-1-3-18-17(13-16)5-6-27-23(18)25;23-18-12-20(29-21(18)13-26-16-6-9-28-10-7-16)19(27)4-2-14-1-3-17-15(11-14)5-8-25-22(17)24/h2,4,6-7,14-15,27H,3,5,8-13,16H2,1H3,(H2,26,28);2,4,6,9,12-13,17,27H,3,5,7-8,10-11,14-15H2,1H3,(H2,26,28);1,3,5-6,13-14,26H,2,4,7-12,15H2,(H2,25,27);1,3,5,8,11-12,16,26H,2,4,6-7,9-10,13H2,(H2,24,25). The molecular formula is C93H110Cl4N16O6S4. The molecule has 4 aliphatic rings. The number of aryl methyl sites for hydroxylation is 4. The average molecular weight is 1820 g/mol. The topological polar surface area (TPSA) is 303 Å². The van der Waals surface area contributed by atoms with Gasteiger partial charge in [-0.1, -0.05) is 119 Å². The Morgan fingerprint density at radius 3 is 1.07 bits per heavy atom. The minimum absolute atomic E-state index is 0.126.